The van der Waals surface area contributed by atoms with Crippen LogP contribution in [-0.2, 0) is 16.0 Å². The number of halogens is 1. The number of aromatic nitrogens is 4. The number of rotatable bonds is 8. The molecule has 3 aromatic heterocycles. The number of ether oxygens (including phenoxy) is 2. The lowest BCUT2D eigenvalue weighted by molar-refractivity contribution is -0.0910. The summed E-state index contributed by atoms with van der Waals surface area (Å²) in [7, 11) is 1.76. The molecule has 0 spiro atoms. The van der Waals surface area contributed by atoms with Crippen molar-refractivity contribution in [3.05, 3.63) is 34.5 Å². The van der Waals surface area contributed by atoms with E-state index in [1.807, 2.05) is 0 Å². The smallest absolute Gasteiger partial charge is 0.445 e. The summed E-state index contributed by atoms with van der Waals surface area (Å²) in [6.45, 7) is 2.09. The van der Waals surface area contributed by atoms with Gasteiger partial charge in [-0.3, -0.25) is 9.47 Å². The molecule has 14 nitrogen and oxygen atoms in total. The molecule has 3 atom stereocenters. The Bertz CT molecular complexity index is 1360. The normalized spacial score (nSPS) is 21.7. The monoisotopic (exact) mass is 505 g/mol. The Balaban J connectivity index is 1.31. The first-order valence-corrected chi connectivity index (χ1v) is 10.8. The van der Waals surface area contributed by atoms with Gasteiger partial charge in [0.05, 0.1) is 12.9 Å². The van der Waals surface area contributed by atoms with Crippen LogP contribution in [0.1, 0.15) is 24.2 Å². The fraction of sp³-hybridized carbons (Fsp3) is 0.476. The Kier molecular flexibility index (Phi) is 6.93. The van der Waals surface area contributed by atoms with Crippen molar-refractivity contribution in [2.24, 2.45) is 0 Å². The molecule has 1 amide bonds. The van der Waals surface area contributed by atoms with Crippen molar-refractivity contribution in [1.82, 2.24) is 29.7 Å². The standard InChI is InChI=1S/C21H24FN7O7/c1-4-21(9-33-19(31)24-5-6-28(3)8-12-11(2)34-20(32)35-12)13(30)7-14(36-21)29-10-25-15-16(23)26-18(22)27-17(15)29/h1,10,13-14,30H,5-9H2,2-3H3,(H,24,31)(H2,23,26,27)/t13-,14+,21+/m0/s1. The Morgan fingerprint density at radius 1 is 1.50 bits per heavy atom. The lowest BCUT2D eigenvalue weighted by Crippen LogP contribution is -2.44. The third-order valence-corrected chi connectivity index (χ3v) is 5.71. The molecular formula is C21H24FN7O7. The highest BCUT2D eigenvalue weighted by molar-refractivity contribution is 5.81. The molecular weight excluding hydrogens is 481 g/mol. The van der Waals surface area contributed by atoms with E-state index in [4.69, 9.17) is 30.5 Å². The number of anilines is 1. The average Bonchev–Trinajstić information content (AvgIpc) is 3.47. The number of nitrogens with two attached hydrogens (primary N) is 1. The predicted octanol–water partition coefficient (Wildman–Crippen LogP) is -0.0878. The number of nitrogens with zero attached hydrogens (tertiary/aromatic N) is 5. The van der Waals surface area contributed by atoms with Gasteiger partial charge in [0, 0.05) is 19.5 Å². The largest absolute Gasteiger partial charge is 0.519 e. The number of fused-ring (bicyclic) bond motifs is 1. The summed E-state index contributed by atoms with van der Waals surface area (Å²) in [6, 6.07) is 0. The fourth-order valence-corrected chi connectivity index (χ4v) is 3.76. The molecule has 192 valence electrons. The minimum absolute atomic E-state index is 0.000512. The molecule has 3 aromatic rings. The molecule has 0 bridgehead atoms. The van der Waals surface area contributed by atoms with Crippen LogP contribution in [0, 0.1) is 25.3 Å². The van der Waals surface area contributed by atoms with Gasteiger partial charge in [0.2, 0.25) is 0 Å². The van der Waals surface area contributed by atoms with Gasteiger partial charge in [-0.05, 0) is 14.0 Å². The summed E-state index contributed by atoms with van der Waals surface area (Å²) >= 11 is 0. The van der Waals surface area contributed by atoms with Gasteiger partial charge in [-0.1, -0.05) is 5.92 Å². The Hall–Kier alpha value is -4.00. The topological polar surface area (TPSA) is 184 Å². The van der Waals surface area contributed by atoms with E-state index in [2.05, 4.69) is 26.2 Å². The molecule has 36 heavy (non-hydrogen) atoms. The second-order valence-electron chi connectivity index (χ2n) is 8.23. The maximum atomic E-state index is 13.7. The number of aliphatic hydroxyl groups excluding tert-OH is 1. The highest BCUT2D eigenvalue weighted by Gasteiger charge is 2.49. The van der Waals surface area contributed by atoms with Gasteiger partial charge >= 0.3 is 18.0 Å². The van der Waals surface area contributed by atoms with Crippen LogP contribution in [0.15, 0.2) is 20.0 Å². The van der Waals surface area contributed by atoms with E-state index < -0.39 is 42.5 Å². The second kappa shape index (κ2) is 9.93. The zero-order valence-corrected chi connectivity index (χ0v) is 19.4. The van der Waals surface area contributed by atoms with E-state index in [9.17, 15) is 19.1 Å². The van der Waals surface area contributed by atoms with Crippen molar-refractivity contribution in [3.63, 3.8) is 0 Å². The number of carbonyl (C=O) groups excluding carboxylic acids is 1. The lowest BCUT2D eigenvalue weighted by atomic mass is 9.99. The molecule has 4 rings (SSSR count). The van der Waals surface area contributed by atoms with Gasteiger partial charge in [0.25, 0.3) is 0 Å². The van der Waals surface area contributed by atoms with Crippen LogP contribution < -0.4 is 16.9 Å². The van der Waals surface area contributed by atoms with Crippen molar-refractivity contribution in [1.29, 1.82) is 0 Å². The van der Waals surface area contributed by atoms with Crippen LogP contribution in [0.2, 0.25) is 0 Å². The number of imidazole rings is 1. The molecule has 1 saturated heterocycles. The third-order valence-electron chi connectivity index (χ3n) is 5.71. The van der Waals surface area contributed by atoms with Crippen molar-refractivity contribution in [3.8, 4) is 12.3 Å². The van der Waals surface area contributed by atoms with E-state index in [1.54, 1.807) is 18.9 Å². The van der Waals surface area contributed by atoms with Crippen LogP contribution in [0.25, 0.3) is 11.2 Å². The molecule has 0 radical (unpaired) electrons. The lowest BCUT2D eigenvalue weighted by Gasteiger charge is -2.26. The Morgan fingerprint density at radius 3 is 2.97 bits per heavy atom. The zero-order chi connectivity index (χ0) is 26.0. The van der Waals surface area contributed by atoms with E-state index in [-0.39, 0.29) is 29.9 Å². The van der Waals surface area contributed by atoms with Gasteiger partial charge in [0.15, 0.2) is 28.3 Å². The number of terminal acetylenes is 1. The molecule has 1 fully saturated rings. The SMILES string of the molecule is C#C[C@]1(COC(=O)NCCN(C)Cc2oc(=O)oc2C)O[C@@H](n2cnc3c(N)nc(F)nc32)C[C@@H]1O. The van der Waals surface area contributed by atoms with Crippen molar-refractivity contribution < 1.29 is 32.6 Å². The highest BCUT2D eigenvalue weighted by atomic mass is 19.1. The van der Waals surface area contributed by atoms with Gasteiger partial charge in [0.1, 0.15) is 24.7 Å². The molecule has 0 aliphatic carbocycles. The minimum atomic E-state index is -1.65. The first-order valence-electron chi connectivity index (χ1n) is 10.8. The molecule has 4 N–H and O–H groups in total. The number of nitrogen functional groups attached to an aromatic ring is 1. The summed E-state index contributed by atoms with van der Waals surface area (Å²) < 4.78 is 35.9. The first-order chi connectivity index (χ1) is 17.1. The number of likely N-dealkylation sites (N-methyl/N-ethyl adjacent to an activating group) is 1. The minimum Gasteiger partial charge on any atom is -0.445 e. The molecule has 0 unspecified atom stereocenters. The summed E-state index contributed by atoms with van der Waals surface area (Å²) in [6.07, 6.45) is 3.04. The van der Waals surface area contributed by atoms with Crippen molar-refractivity contribution in [2.75, 3.05) is 32.5 Å². The Morgan fingerprint density at radius 2 is 2.28 bits per heavy atom. The fourth-order valence-electron chi connectivity index (χ4n) is 3.76. The van der Waals surface area contributed by atoms with Crippen molar-refractivity contribution >= 4 is 23.1 Å². The predicted molar refractivity (Wildman–Crippen MR) is 120 cm³/mol. The zero-order valence-electron chi connectivity index (χ0n) is 19.4. The van der Waals surface area contributed by atoms with E-state index >= 15 is 0 Å². The summed E-state index contributed by atoms with van der Waals surface area (Å²) in [5, 5.41) is 13.2. The van der Waals surface area contributed by atoms with Gasteiger partial charge in [-0.25, -0.2) is 14.6 Å². The summed E-state index contributed by atoms with van der Waals surface area (Å²) in [4.78, 5) is 36.3. The maximum Gasteiger partial charge on any atom is 0.519 e. The summed E-state index contributed by atoms with van der Waals surface area (Å²) in [5.41, 5.74) is 4.27. The van der Waals surface area contributed by atoms with Crippen LogP contribution in [0.3, 0.4) is 0 Å². The molecule has 0 saturated carbocycles. The van der Waals surface area contributed by atoms with E-state index in [0.717, 1.165) is 0 Å². The first kappa shape index (κ1) is 25.1. The number of hydrogen-bond acceptors (Lipinski definition) is 12. The molecule has 4 heterocycles. The number of aryl methyl sites for hydroxylation is 1. The molecule has 1 aliphatic rings. The number of nitrogens with one attached hydrogen (secondary N) is 1. The number of carbonyl (C=O) groups is 1. The number of amides is 1. The second-order valence-corrected chi connectivity index (χ2v) is 8.23. The third kappa shape index (κ3) is 5.00. The van der Waals surface area contributed by atoms with Crippen molar-refractivity contribution in [2.45, 2.75) is 37.8 Å². The molecule has 15 heteroatoms. The number of hydrogen-bond donors (Lipinski definition) is 3. The Labute approximate surface area is 203 Å². The van der Waals surface area contributed by atoms with E-state index in [0.29, 0.717) is 24.6 Å². The summed E-state index contributed by atoms with van der Waals surface area (Å²) in [5.74, 6) is 2.22. The number of alkyl carbamates (subject to hydrolysis) is 1. The average molecular weight is 505 g/mol. The maximum absolute atomic E-state index is 13.7. The van der Waals surface area contributed by atoms with Crippen LogP contribution in [0.5, 0.6) is 0 Å². The van der Waals surface area contributed by atoms with Crippen LogP contribution in [-0.4, -0.2) is 74.1 Å². The van der Waals surface area contributed by atoms with Gasteiger partial charge < -0.3 is 34.5 Å². The molecule has 1 aliphatic heterocycles. The number of aliphatic hydroxyl groups is 1. The van der Waals surface area contributed by atoms with Gasteiger partial charge in [-0.15, -0.1) is 6.42 Å². The van der Waals surface area contributed by atoms with Gasteiger partial charge in [-0.2, -0.15) is 14.4 Å². The van der Waals surface area contributed by atoms with Crippen LogP contribution in [0.4, 0.5) is 15.0 Å². The molecule has 0 aromatic carbocycles. The van der Waals surface area contributed by atoms with Crippen LogP contribution >= 0.6 is 0 Å². The van der Waals surface area contributed by atoms with E-state index in [1.165, 1.54) is 10.9 Å². The highest BCUT2D eigenvalue weighted by Crippen LogP contribution is 2.38. The quantitative estimate of drug-likeness (QED) is 0.273.